The zero-order chi connectivity index (χ0) is 13.0. The molecule has 0 fully saturated rings. The molecule has 0 aliphatic rings. The van der Waals surface area contributed by atoms with Crippen molar-refractivity contribution in [2.24, 2.45) is 0 Å². The molecule has 0 radical (unpaired) electrons. The van der Waals surface area contributed by atoms with Crippen LogP contribution in [-0.4, -0.2) is 21.9 Å². The Labute approximate surface area is 110 Å². The summed E-state index contributed by atoms with van der Waals surface area (Å²) in [5.41, 5.74) is 0.866. The summed E-state index contributed by atoms with van der Waals surface area (Å²) in [6.45, 7) is 0.0256. The molecule has 0 aliphatic heterocycles. The molecular formula is C14H14O3S. The number of aliphatic hydroxyl groups is 1. The molecule has 2 aromatic rings. The van der Waals surface area contributed by atoms with E-state index in [0.717, 1.165) is 5.56 Å². The molecule has 2 rings (SSSR count). The fourth-order valence-electron chi connectivity index (χ4n) is 1.66. The zero-order valence-electron chi connectivity index (χ0n) is 9.71. The molecule has 0 aromatic heterocycles. The van der Waals surface area contributed by atoms with Crippen LogP contribution in [0.25, 0.3) is 0 Å². The van der Waals surface area contributed by atoms with Gasteiger partial charge < -0.3 is 15.3 Å². The van der Waals surface area contributed by atoms with Gasteiger partial charge in [-0.25, -0.2) is 0 Å². The van der Waals surface area contributed by atoms with Crippen molar-refractivity contribution in [2.45, 2.75) is 16.2 Å². The summed E-state index contributed by atoms with van der Waals surface area (Å²) in [7, 11) is 0. The Bertz CT molecular complexity index is 540. The van der Waals surface area contributed by atoms with Crippen LogP contribution in [0.1, 0.15) is 5.56 Å². The number of hydrogen-bond acceptors (Lipinski definition) is 4. The lowest BCUT2D eigenvalue weighted by molar-refractivity contribution is 0.298. The van der Waals surface area contributed by atoms with Gasteiger partial charge >= 0.3 is 0 Å². The smallest absolute Gasteiger partial charge is 0.129 e. The predicted molar refractivity (Wildman–Crippen MR) is 71.1 cm³/mol. The first-order chi connectivity index (χ1) is 8.72. The molecule has 0 atom stereocenters. The molecule has 0 aliphatic carbocycles. The highest BCUT2D eigenvalue weighted by Crippen LogP contribution is 2.40. The van der Waals surface area contributed by atoms with Crippen LogP contribution in [-0.2, 0) is 6.42 Å². The fraction of sp³-hybridized carbons (Fsp3) is 0.143. The molecule has 0 saturated heterocycles. The maximum atomic E-state index is 9.89. The molecule has 0 bridgehead atoms. The number of phenolic OH excluding ortho intramolecular Hbond substituents is 2. The Morgan fingerprint density at radius 1 is 0.889 bits per heavy atom. The molecule has 0 spiro atoms. The molecule has 0 saturated carbocycles. The van der Waals surface area contributed by atoms with Gasteiger partial charge in [-0.05, 0) is 30.2 Å². The maximum Gasteiger partial charge on any atom is 0.129 e. The van der Waals surface area contributed by atoms with E-state index in [1.165, 1.54) is 11.8 Å². The van der Waals surface area contributed by atoms with Crippen molar-refractivity contribution in [3.8, 4) is 11.5 Å². The predicted octanol–water partition coefficient (Wildman–Crippen LogP) is 2.78. The molecule has 18 heavy (non-hydrogen) atoms. The molecule has 4 heteroatoms. The number of benzene rings is 2. The third-order valence-corrected chi connectivity index (χ3v) is 3.77. The van der Waals surface area contributed by atoms with Crippen LogP contribution in [0.15, 0.2) is 52.3 Å². The SMILES string of the molecule is OCCc1cccc(O)c1Sc1ccccc1O. The van der Waals surface area contributed by atoms with Gasteiger partial charge in [0.05, 0.1) is 9.79 Å². The van der Waals surface area contributed by atoms with E-state index in [1.54, 1.807) is 30.3 Å². The summed E-state index contributed by atoms with van der Waals surface area (Å²) < 4.78 is 0. The zero-order valence-corrected chi connectivity index (χ0v) is 10.5. The highest BCUT2D eigenvalue weighted by Gasteiger charge is 2.11. The van der Waals surface area contributed by atoms with Crippen molar-refractivity contribution in [1.29, 1.82) is 0 Å². The molecule has 0 heterocycles. The van der Waals surface area contributed by atoms with Gasteiger partial charge in [-0.15, -0.1) is 0 Å². The maximum absolute atomic E-state index is 9.89. The van der Waals surface area contributed by atoms with Crippen LogP contribution < -0.4 is 0 Å². The topological polar surface area (TPSA) is 60.7 Å². The molecule has 0 unspecified atom stereocenters. The van der Waals surface area contributed by atoms with Gasteiger partial charge in [-0.3, -0.25) is 0 Å². The summed E-state index contributed by atoms with van der Waals surface area (Å²) in [4.78, 5) is 1.35. The number of rotatable bonds is 4. The first-order valence-electron chi connectivity index (χ1n) is 5.60. The van der Waals surface area contributed by atoms with Gasteiger partial charge in [0.25, 0.3) is 0 Å². The minimum absolute atomic E-state index is 0.0256. The van der Waals surface area contributed by atoms with Gasteiger partial charge in [-0.2, -0.15) is 0 Å². The molecule has 2 aromatic carbocycles. The molecule has 0 amide bonds. The third-order valence-electron chi connectivity index (χ3n) is 2.53. The summed E-state index contributed by atoms with van der Waals surface area (Å²) in [5.74, 6) is 0.343. The van der Waals surface area contributed by atoms with Crippen LogP contribution in [0.5, 0.6) is 11.5 Å². The van der Waals surface area contributed by atoms with Crippen LogP contribution in [0, 0.1) is 0 Å². The van der Waals surface area contributed by atoms with E-state index in [2.05, 4.69) is 0 Å². The van der Waals surface area contributed by atoms with Gasteiger partial charge in [-0.1, -0.05) is 36.0 Å². The van der Waals surface area contributed by atoms with Crippen molar-refractivity contribution in [3.63, 3.8) is 0 Å². The van der Waals surface area contributed by atoms with Crippen LogP contribution in [0.2, 0.25) is 0 Å². The lowest BCUT2D eigenvalue weighted by atomic mass is 10.1. The number of phenols is 2. The van der Waals surface area contributed by atoms with Gasteiger partial charge in [0.1, 0.15) is 11.5 Å². The summed E-state index contributed by atoms with van der Waals surface area (Å²) >= 11 is 1.30. The fourth-order valence-corrected chi connectivity index (χ4v) is 2.67. The van der Waals surface area contributed by atoms with Gasteiger partial charge in [0.2, 0.25) is 0 Å². The van der Waals surface area contributed by atoms with Crippen molar-refractivity contribution in [3.05, 3.63) is 48.0 Å². The van der Waals surface area contributed by atoms with Gasteiger partial charge in [0, 0.05) is 6.61 Å². The van der Waals surface area contributed by atoms with E-state index in [-0.39, 0.29) is 18.1 Å². The van der Waals surface area contributed by atoms with E-state index in [0.29, 0.717) is 16.2 Å². The average molecular weight is 262 g/mol. The van der Waals surface area contributed by atoms with Crippen molar-refractivity contribution in [2.75, 3.05) is 6.61 Å². The molecule has 3 nitrogen and oxygen atoms in total. The van der Waals surface area contributed by atoms with Crippen LogP contribution in [0.3, 0.4) is 0 Å². The Morgan fingerprint density at radius 2 is 1.61 bits per heavy atom. The van der Waals surface area contributed by atoms with E-state index in [1.807, 2.05) is 12.1 Å². The second-order valence-electron chi connectivity index (χ2n) is 3.81. The average Bonchev–Trinajstić information content (AvgIpc) is 2.36. The molecule has 94 valence electrons. The number of hydrogen-bond donors (Lipinski definition) is 3. The lowest BCUT2D eigenvalue weighted by Gasteiger charge is -2.11. The lowest BCUT2D eigenvalue weighted by Crippen LogP contribution is -1.93. The monoisotopic (exact) mass is 262 g/mol. The summed E-state index contributed by atoms with van der Waals surface area (Å²) in [6, 6.07) is 12.2. The largest absolute Gasteiger partial charge is 0.507 e. The summed E-state index contributed by atoms with van der Waals surface area (Å²) in [6.07, 6.45) is 0.477. The standard InChI is InChI=1S/C14H14O3S/c15-9-8-10-4-3-6-12(17)14(10)18-13-7-2-1-5-11(13)16/h1-7,15-17H,8-9H2. The Kier molecular flexibility index (Phi) is 4.12. The molecule has 3 N–H and O–H groups in total. The number of aliphatic hydroxyl groups excluding tert-OH is 1. The van der Waals surface area contributed by atoms with Crippen molar-refractivity contribution >= 4 is 11.8 Å². The van der Waals surface area contributed by atoms with E-state index >= 15 is 0 Å². The van der Waals surface area contributed by atoms with Crippen molar-refractivity contribution < 1.29 is 15.3 Å². The number of para-hydroxylation sites is 1. The van der Waals surface area contributed by atoms with Crippen LogP contribution >= 0.6 is 11.8 Å². The highest BCUT2D eigenvalue weighted by atomic mass is 32.2. The van der Waals surface area contributed by atoms with E-state index in [4.69, 9.17) is 5.11 Å². The summed E-state index contributed by atoms with van der Waals surface area (Å²) in [5, 5.41) is 28.6. The first-order valence-corrected chi connectivity index (χ1v) is 6.41. The minimum atomic E-state index is 0.0256. The quantitative estimate of drug-likeness (QED) is 0.793. The second-order valence-corrected chi connectivity index (χ2v) is 4.86. The Hall–Kier alpha value is -1.65. The van der Waals surface area contributed by atoms with Gasteiger partial charge in [0.15, 0.2) is 0 Å². The Morgan fingerprint density at radius 3 is 2.33 bits per heavy atom. The number of aromatic hydroxyl groups is 2. The normalized spacial score (nSPS) is 10.5. The highest BCUT2D eigenvalue weighted by molar-refractivity contribution is 7.99. The molecular weight excluding hydrogens is 248 g/mol. The third kappa shape index (κ3) is 2.78. The Balaban J connectivity index is 2.36. The first kappa shape index (κ1) is 12.8. The minimum Gasteiger partial charge on any atom is -0.507 e. The second kappa shape index (κ2) is 5.80. The van der Waals surface area contributed by atoms with E-state index in [9.17, 15) is 10.2 Å². The van der Waals surface area contributed by atoms with E-state index < -0.39 is 0 Å². The van der Waals surface area contributed by atoms with Crippen LogP contribution in [0.4, 0.5) is 0 Å². The van der Waals surface area contributed by atoms with Crippen molar-refractivity contribution in [1.82, 2.24) is 0 Å².